The Hall–Kier alpha value is -1.20. The van der Waals surface area contributed by atoms with Gasteiger partial charge in [-0.25, -0.2) is 4.99 Å². The Morgan fingerprint density at radius 3 is 3.06 bits per heavy atom. The number of nitrogens with zero attached hydrogens (tertiary/aromatic N) is 1. The van der Waals surface area contributed by atoms with E-state index in [0.717, 1.165) is 21.4 Å². The van der Waals surface area contributed by atoms with Gasteiger partial charge in [0, 0.05) is 0 Å². The zero-order valence-electron chi connectivity index (χ0n) is 10.2. The van der Waals surface area contributed by atoms with E-state index in [9.17, 15) is 4.79 Å². The molecule has 0 saturated carbocycles. The topological polar surface area (TPSA) is 38.7 Å². The molecule has 94 valence electrons. The zero-order chi connectivity index (χ0) is 13.0. The SMILES string of the molecule is CCSC1=N/C(=C\c2cccc(OC)c2)C(=O)S1. The Balaban J connectivity index is 2.24. The molecule has 0 saturated heterocycles. The fraction of sp³-hybridized carbons (Fsp3) is 0.231. The predicted molar refractivity (Wildman–Crippen MR) is 79.1 cm³/mol. The van der Waals surface area contributed by atoms with E-state index < -0.39 is 0 Å². The molecule has 1 aliphatic heterocycles. The number of methoxy groups -OCH3 is 1. The lowest BCUT2D eigenvalue weighted by molar-refractivity contribution is -0.107. The summed E-state index contributed by atoms with van der Waals surface area (Å²) in [6.45, 7) is 2.04. The molecule has 0 fully saturated rings. The molecule has 0 N–H and O–H groups in total. The van der Waals surface area contributed by atoms with Crippen LogP contribution in [-0.2, 0) is 4.79 Å². The summed E-state index contributed by atoms with van der Waals surface area (Å²) >= 11 is 2.79. The molecule has 0 aromatic heterocycles. The Morgan fingerprint density at radius 2 is 2.33 bits per heavy atom. The average Bonchev–Trinajstić information content (AvgIpc) is 2.70. The van der Waals surface area contributed by atoms with E-state index in [2.05, 4.69) is 4.99 Å². The van der Waals surface area contributed by atoms with E-state index in [-0.39, 0.29) is 5.12 Å². The number of rotatable bonds is 3. The summed E-state index contributed by atoms with van der Waals surface area (Å²) in [7, 11) is 1.62. The van der Waals surface area contributed by atoms with E-state index >= 15 is 0 Å². The minimum atomic E-state index is 0.00812. The van der Waals surface area contributed by atoms with Crippen molar-refractivity contribution < 1.29 is 9.53 Å². The summed E-state index contributed by atoms with van der Waals surface area (Å²) in [5, 5.41) is 0.00812. The van der Waals surface area contributed by atoms with Crippen LogP contribution in [0.2, 0.25) is 0 Å². The second kappa shape index (κ2) is 6.11. The molecule has 1 aromatic rings. The van der Waals surface area contributed by atoms with Gasteiger partial charge in [-0.3, -0.25) is 4.79 Å². The van der Waals surface area contributed by atoms with Gasteiger partial charge >= 0.3 is 0 Å². The number of ether oxygens (including phenoxy) is 1. The third-order valence-electron chi connectivity index (χ3n) is 2.27. The second-order valence-corrected chi connectivity index (χ2v) is 5.98. The largest absolute Gasteiger partial charge is 0.497 e. The highest BCUT2D eigenvalue weighted by atomic mass is 32.2. The lowest BCUT2D eigenvalue weighted by atomic mass is 10.2. The zero-order valence-corrected chi connectivity index (χ0v) is 11.8. The van der Waals surface area contributed by atoms with Crippen molar-refractivity contribution in [2.45, 2.75) is 6.92 Å². The van der Waals surface area contributed by atoms with Gasteiger partial charge in [-0.15, -0.1) is 0 Å². The fourth-order valence-corrected chi connectivity index (χ4v) is 3.20. The van der Waals surface area contributed by atoms with Crippen molar-refractivity contribution in [1.29, 1.82) is 0 Å². The smallest absolute Gasteiger partial charge is 0.244 e. The predicted octanol–water partition coefficient (Wildman–Crippen LogP) is 3.42. The summed E-state index contributed by atoms with van der Waals surface area (Å²) < 4.78 is 5.98. The summed E-state index contributed by atoms with van der Waals surface area (Å²) in [5.41, 5.74) is 1.43. The van der Waals surface area contributed by atoms with Crippen LogP contribution < -0.4 is 4.74 Å². The molecule has 0 aliphatic carbocycles. The van der Waals surface area contributed by atoms with Crippen LogP contribution in [0.4, 0.5) is 0 Å². The highest BCUT2D eigenvalue weighted by Crippen LogP contribution is 2.31. The number of carbonyl (C=O) groups excluding carboxylic acids is 1. The molecular formula is C13H13NO2S2. The Kier molecular flexibility index (Phi) is 4.49. The quantitative estimate of drug-likeness (QED) is 0.795. The van der Waals surface area contributed by atoms with Crippen LogP contribution in [-0.4, -0.2) is 22.4 Å². The number of hydrogen-bond donors (Lipinski definition) is 0. The van der Waals surface area contributed by atoms with Crippen molar-refractivity contribution in [2.75, 3.05) is 12.9 Å². The number of thioether (sulfide) groups is 2. The third kappa shape index (κ3) is 3.17. The van der Waals surface area contributed by atoms with Crippen LogP contribution >= 0.6 is 23.5 Å². The van der Waals surface area contributed by atoms with Gasteiger partial charge in [-0.2, -0.15) is 0 Å². The van der Waals surface area contributed by atoms with Gasteiger partial charge in [0.05, 0.1) is 7.11 Å². The van der Waals surface area contributed by atoms with Gasteiger partial charge in [-0.05, 0) is 41.3 Å². The van der Waals surface area contributed by atoms with Crippen LogP contribution in [0.3, 0.4) is 0 Å². The Labute approximate surface area is 115 Å². The number of aliphatic imine (C=N–C) groups is 1. The standard InChI is InChI=1S/C13H13NO2S2/c1-3-17-13-14-11(12(15)18-13)8-9-5-4-6-10(7-9)16-2/h4-8H,3H2,1-2H3/b11-8-. The summed E-state index contributed by atoms with van der Waals surface area (Å²) in [6.07, 6.45) is 1.79. The van der Waals surface area contributed by atoms with Crippen molar-refractivity contribution in [3.05, 3.63) is 35.5 Å². The van der Waals surface area contributed by atoms with Crippen molar-refractivity contribution in [3.8, 4) is 5.75 Å². The monoisotopic (exact) mass is 279 g/mol. The van der Waals surface area contributed by atoms with Crippen LogP contribution in [0.1, 0.15) is 12.5 Å². The molecular weight excluding hydrogens is 266 g/mol. The maximum atomic E-state index is 11.8. The van der Waals surface area contributed by atoms with Crippen LogP contribution in [0.5, 0.6) is 5.75 Å². The average molecular weight is 279 g/mol. The molecule has 1 aromatic carbocycles. The first-order valence-corrected chi connectivity index (χ1v) is 7.32. The molecule has 0 spiro atoms. The maximum Gasteiger partial charge on any atom is 0.244 e. The van der Waals surface area contributed by atoms with E-state index in [0.29, 0.717) is 5.70 Å². The molecule has 0 unspecified atom stereocenters. The van der Waals surface area contributed by atoms with Crippen LogP contribution in [0, 0.1) is 0 Å². The minimum Gasteiger partial charge on any atom is -0.497 e. The lowest BCUT2D eigenvalue weighted by Crippen LogP contribution is -1.88. The molecule has 18 heavy (non-hydrogen) atoms. The second-order valence-electron chi connectivity index (χ2n) is 3.51. The number of benzene rings is 1. The highest BCUT2D eigenvalue weighted by molar-refractivity contribution is 8.45. The molecule has 0 atom stereocenters. The van der Waals surface area contributed by atoms with Crippen molar-refractivity contribution in [1.82, 2.24) is 0 Å². The van der Waals surface area contributed by atoms with Crippen molar-refractivity contribution in [3.63, 3.8) is 0 Å². The van der Waals surface area contributed by atoms with E-state index in [1.54, 1.807) is 24.9 Å². The first kappa shape index (κ1) is 13.2. The first-order chi connectivity index (χ1) is 8.72. The fourth-order valence-electron chi connectivity index (χ4n) is 1.46. The summed E-state index contributed by atoms with van der Waals surface area (Å²) in [5.74, 6) is 1.69. The third-order valence-corrected chi connectivity index (χ3v) is 4.16. The lowest BCUT2D eigenvalue weighted by Gasteiger charge is -2.00. The molecule has 3 nitrogen and oxygen atoms in total. The number of carbonyl (C=O) groups is 1. The van der Waals surface area contributed by atoms with Gasteiger partial charge in [-0.1, -0.05) is 30.8 Å². The molecule has 1 heterocycles. The highest BCUT2D eigenvalue weighted by Gasteiger charge is 2.21. The Morgan fingerprint density at radius 1 is 1.50 bits per heavy atom. The minimum absolute atomic E-state index is 0.00812. The molecule has 0 radical (unpaired) electrons. The van der Waals surface area contributed by atoms with Gasteiger partial charge in [0.15, 0.2) is 0 Å². The molecule has 5 heteroatoms. The summed E-state index contributed by atoms with van der Waals surface area (Å²) in [4.78, 5) is 16.1. The van der Waals surface area contributed by atoms with Gasteiger partial charge in [0.2, 0.25) is 5.12 Å². The van der Waals surface area contributed by atoms with E-state index in [1.807, 2.05) is 31.2 Å². The Bertz CT molecular complexity index is 523. The first-order valence-electron chi connectivity index (χ1n) is 5.52. The summed E-state index contributed by atoms with van der Waals surface area (Å²) in [6, 6.07) is 7.57. The molecule has 0 bridgehead atoms. The van der Waals surface area contributed by atoms with Gasteiger partial charge in [0.1, 0.15) is 15.8 Å². The normalized spacial score (nSPS) is 17.1. The van der Waals surface area contributed by atoms with Crippen molar-refractivity contribution >= 4 is 39.1 Å². The molecule has 2 rings (SSSR count). The van der Waals surface area contributed by atoms with Gasteiger partial charge in [0.25, 0.3) is 0 Å². The van der Waals surface area contributed by atoms with E-state index in [1.165, 1.54) is 11.8 Å². The van der Waals surface area contributed by atoms with E-state index in [4.69, 9.17) is 4.74 Å². The van der Waals surface area contributed by atoms with Crippen LogP contribution in [0.25, 0.3) is 6.08 Å². The number of hydrogen-bond acceptors (Lipinski definition) is 5. The van der Waals surface area contributed by atoms with Gasteiger partial charge < -0.3 is 4.74 Å². The van der Waals surface area contributed by atoms with Crippen LogP contribution in [0.15, 0.2) is 35.0 Å². The maximum absolute atomic E-state index is 11.8. The molecule has 1 aliphatic rings. The van der Waals surface area contributed by atoms with Crippen molar-refractivity contribution in [2.24, 2.45) is 4.99 Å². The molecule has 0 amide bonds.